The van der Waals surface area contributed by atoms with Crippen molar-refractivity contribution >= 4 is 29.3 Å². The van der Waals surface area contributed by atoms with Crippen LogP contribution in [0.1, 0.15) is 19.8 Å². The minimum atomic E-state index is -0.515. The molecular formula is C13H19N3O2S. The first-order valence-electron chi connectivity index (χ1n) is 6.11. The van der Waals surface area contributed by atoms with Gasteiger partial charge in [-0.15, -0.1) is 11.8 Å². The SMILES string of the molecule is CCCC(N)C(=O)Nc1ccccc1SCC(N)=O. The normalized spacial score (nSPS) is 11.9. The van der Waals surface area contributed by atoms with Crippen LogP contribution in [-0.4, -0.2) is 23.6 Å². The van der Waals surface area contributed by atoms with Gasteiger partial charge in [-0.3, -0.25) is 9.59 Å². The average molecular weight is 281 g/mol. The van der Waals surface area contributed by atoms with Gasteiger partial charge in [-0.2, -0.15) is 0 Å². The number of benzene rings is 1. The lowest BCUT2D eigenvalue weighted by molar-refractivity contribution is -0.117. The summed E-state index contributed by atoms with van der Waals surface area (Å²) in [4.78, 5) is 23.5. The number of carbonyl (C=O) groups excluding carboxylic acids is 2. The van der Waals surface area contributed by atoms with Crippen molar-refractivity contribution in [2.24, 2.45) is 11.5 Å². The minimum Gasteiger partial charge on any atom is -0.369 e. The Labute approximate surface area is 117 Å². The molecule has 0 aliphatic heterocycles. The molecule has 104 valence electrons. The summed E-state index contributed by atoms with van der Waals surface area (Å²) in [5.74, 6) is -0.434. The van der Waals surface area contributed by atoms with Crippen molar-refractivity contribution in [1.29, 1.82) is 0 Å². The zero-order chi connectivity index (χ0) is 14.3. The maximum absolute atomic E-state index is 11.9. The molecule has 0 aliphatic rings. The molecular weight excluding hydrogens is 262 g/mol. The van der Waals surface area contributed by atoms with Crippen molar-refractivity contribution in [3.05, 3.63) is 24.3 Å². The van der Waals surface area contributed by atoms with Crippen LogP contribution in [0.15, 0.2) is 29.2 Å². The Balaban J connectivity index is 2.71. The summed E-state index contributed by atoms with van der Waals surface area (Å²) in [5.41, 5.74) is 11.5. The Bertz CT molecular complexity index is 451. The molecule has 0 saturated heterocycles. The Morgan fingerprint density at radius 1 is 1.37 bits per heavy atom. The minimum absolute atomic E-state index is 0.175. The fraction of sp³-hybridized carbons (Fsp3) is 0.385. The van der Waals surface area contributed by atoms with Crippen molar-refractivity contribution in [2.75, 3.05) is 11.1 Å². The van der Waals surface area contributed by atoms with Crippen LogP contribution in [0, 0.1) is 0 Å². The molecule has 2 amide bonds. The second-order valence-corrected chi connectivity index (χ2v) is 5.15. The van der Waals surface area contributed by atoms with Crippen molar-refractivity contribution in [1.82, 2.24) is 0 Å². The summed E-state index contributed by atoms with van der Waals surface area (Å²) < 4.78 is 0. The molecule has 5 nitrogen and oxygen atoms in total. The van der Waals surface area contributed by atoms with Crippen LogP contribution < -0.4 is 16.8 Å². The lowest BCUT2D eigenvalue weighted by Gasteiger charge is -2.13. The number of hydrogen-bond acceptors (Lipinski definition) is 4. The molecule has 0 saturated carbocycles. The predicted octanol–water partition coefficient (Wildman–Crippen LogP) is 1.33. The van der Waals surface area contributed by atoms with Gasteiger partial charge >= 0.3 is 0 Å². The van der Waals surface area contributed by atoms with E-state index in [2.05, 4.69) is 5.32 Å². The highest BCUT2D eigenvalue weighted by atomic mass is 32.2. The maximum atomic E-state index is 11.9. The van der Waals surface area contributed by atoms with E-state index in [1.54, 1.807) is 6.07 Å². The molecule has 1 aromatic carbocycles. The Morgan fingerprint density at radius 2 is 2.05 bits per heavy atom. The standard InChI is InChI=1S/C13H19N3O2S/c1-2-5-9(14)13(18)16-10-6-3-4-7-11(10)19-8-12(15)17/h3-4,6-7,9H,2,5,8,14H2,1H3,(H2,15,17)(H,16,18). The fourth-order valence-electron chi connectivity index (χ4n) is 1.51. The number of thioether (sulfide) groups is 1. The van der Waals surface area contributed by atoms with Gasteiger partial charge in [-0.05, 0) is 18.6 Å². The molecule has 6 heteroatoms. The van der Waals surface area contributed by atoms with E-state index in [1.165, 1.54) is 11.8 Å². The van der Waals surface area contributed by atoms with E-state index in [1.807, 2.05) is 25.1 Å². The van der Waals surface area contributed by atoms with E-state index >= 15 is 0 Å². The number of carbonyl (C=O) groups is 2. The van der Waals surface area contributed by atoms with Gasteiger partial charge in [-0.25, -0.2) is 0 Å². The number of amides is 2. The van der Waals surface area contributed by atoms with E-state index < -0.39 is 11.9 Å². The summed E-state index contributed by atoms with van der Waals surface area (Å²) in [6.45, 7) is 1.98. The number of hydrogen-bond donors (Lipinski definition) is 3. The summed E-state index contributed by atoms with van der Waals surface area (Å²) in [7, 11) is 0. The number of rotatable bonds is 7. The number of anilines is 1. The Morgan fingerprint density at radius 3 is 2.68 bits per heavy atom. The third-order valence-corrected chi connectivity index (χ3v) is 3.55. The molecule has 0 spiro atoms. The Kier molecular flexibility index (Phi) is 6.38. The molecule has 0 heterocycles. The van der Waals surface area contributed by atoms with E-state index in [0.29, 0.717) is 12.1 Å². The van der Waals surface area contributed by atoms with Crippen molar-refractivity contribution in [2.45, 2.75) is 30.7 Å². The van der Waals surface area contributed by atoms with Crippen LogP contribution in [-0.2, 0) is 9.59 Å². The van der Waals surface area contributed by atoms with Gasteiger partial charge in [0, 0.05) is 4.90 Å². The molecule has 19 heavy (non-hydrogen) atoms. The molecule has 0 aromatic heterocycles. The largest absolute Gasteiger partial charge is 0.369 e. The predicted molar refractivity (Wildman–Crippen MR) is 77.9 cm³/mol. The van der Waals surface area contributed by atoms with E-state index in [0.717, 1.165) is 11.3 Å². The number of para-hydroxylation sites is 1. The Hall–Kier alpha value is -1.53. The van der Waals surface area contributed by atoms with Gasteiger partial charge in [0.25, 0.3) is 0 Å². The van der Waals surface area contributed by atoms with Crippen molar-refractivity contribution in [3.8, 4) is 0 Å². The summed E-state index contributed by atoms with van der Waals surface area (Å²) >= 11 is 1.29. The molecule has 1 atom stereocenters. The van der Waals surface area contributed by atoms with Crippen LogP contribution in [0.3, 0.4) is 0 Å². The highest BCUT2D eigenvalue weighted by Gasteiger charge is 2.14. The van der Waals surface area contributed by atoms with Crippen LogP contribution >= 0.6 is 11.8 Å². The number of nitrogens with two attached hydrogens (primary N) is 2. The quantitative estimate of drug-likeness (QED) is 0.657. The van der Waals surface area contributed by atoms with Crippen molar-refractivity contribution < 1.29 is 9.59 Å². The molecule has 0 bridgehead atoms. The van der Waals surface area contributed by atoms with Gasteiger partial charge < -0.3 is 16.8 Å². The van der Waals surface area contributed by atoms with Crippen LogP contribution in [0.25, 0.3) is 0 Å². The number of primary amides is 1. The zero-order valence-corrected chi connectivity index (χ0v) is 11.7. The molecule has 1 aromatic rings. The molecule has 1 unspecified atom stereocenters. The first-order valence-corrected chi connectivity index (χ1v) is 7.09. The number of nitrogens with one attached hydrogen (secondary N) is 1. The first-order chi connectivity index (χ1) is 9.04. The van der Waals surface area contributed by atoms with Gasteiger partial charge in [0.15, 0.2) is 0 Å². The van der Waals surface area contributed by atoms with Gasteiger partial charge in [-0.1, -0.05) is 25.5 Å². The maximum Gasteiger partial charge on any atom is 0.241 e. The second-order valence-electron chi connectivity index (χ2n) is 4.14. The second kappa shape index (κ2) is 7.81. The third-order valence-electron chi connectivity index (χ3n) is 2.45. The smallest absolute Gasteiger partial charge is 0.241 e. The third kappa shape index (κ3) is 5.32. The molecule has 0 fully saturated rings. The zero-order valence-electron chi connectivity index (χ0n) is 10.9. The van der Waals surface area contributed by atoms with Crippen LogP contribution in [0.2, 0.25) is 0 Å². The van der Waals surface area contributed by atoms with Crippen LogP contribution in [0.4, 0.5) is 5.69 Å². The van der Waals surface area contributed by atoms with E-state index in [4.69, 9.17) is 11.5 Å². The van der Waals surface area contributed by atoms with Gasteiger partial charge in [0.2, 0.25) is 11.8 Å². The van der Waals surface area contributed by atoms with Gasteiger partial charge in [0.1, 0.15) is 0 Å². The van der Waals surface area contributed by atoms with E-state index in [9.17, 15) is 9.59 Å². The summed E-state index contributed by atoms with van der Waals surface area (Å²) in [6.07, 6.45) is 1.50. The molecule has 0 aliphatic carbocycles. The monoisotopic (exact) mass is 281 g/mol. The van der Waals surface area contributed by atoms with E-state index in [-0.39, 0.29) is 11.7 Å². The highest BCUT2D eigenvalue weighted by molar-refractivity contribution is 8.00. The fourth-order valence-corrected chi connectivity index (χ4v) is 2.26. The van der Waals surface area contributed by atoms with Crippen LogP contribution in [0.5, 0.6) is 0 Å². The lowest BCUT2D eigenvalue weighted by Crippen LogP contribution is -2.35. The van der Waals surface area contributed by atoms with Crippen molar-refractivity contribution in [3.63, 3.8) is 0 Å². The summed E-state index contributed by atoms with van der Waals surface area (Å²) in [5, 5.41) is 2.78. The molecule has 0 radical (unpaired) electrons. The molecule has 5 N–H and O–H groups in total. The first kappa shape index (κ1) is 15.5. The topological polar surface area (TPSA) is 98.2 Å². The average Bonchev–Trinajstić information content (AvgIpc) is 2.37. The molecule has 1 rings (SSSR count). The lowest BCUT2D eigenvalue weighted by atomic mass is 10.1. The highest BCUT2D eigenvalue weighted by Crippen LogP contribution is 2.26. The summed E-state index contributed by atoms with van der Waals surface area (Å²) in [6, 6.07) is 6.74. The van der Waals surface area contributed by atoms with Gasteiger partial charge in [0.05, 0.1) is 17.5 Å².